The van der Waals surface area contributed by atoms with Crippen molar-refractivity contribution in [1.29, 1.82) is 0 Å². The Morgan fingerprint density at radius 2 is 1.89 bits per heavy atom. The topological polar surface area (TPSA) is 26.2 Å². The molecule has 3 nitrogen and oxygen atoms in total. The van der Waals surface area contributed by atoms with E-state index in [1.165, 1.54) is 16.7 Å². The van der Waals surface area contributed by atoms with Gasteiger partial charge in [0.25, 0.3) is 0 Å². The van der Waals surface area contributed by atoms with Crippen LogP contribution in [0.3, 0.4) is 0 Å². The molecule has 0 amide bonds. The number of hydrogen-bond donors (Lipinski definition) is 1. The first-order chi connectivity index (χ1) is 9.33. The molecule has 2 aromatic rings. The monoisotopic (exact) mass is 258 g/mol. The normalized spacial score (nSPS) is 10.8. The zero-order chi connectivity index (χ0) is 13.5. The Bertz CT molecular complexity index is 505. The van der Waals surface area contributed by atoms with Crippen LogP contribution < -0.4 is 5.32 Å². The first-order valence-corrected chi connectivity index (χ1v) is 6.74. The van der Waals surface area contributed by atoms with Crippen molar-refractivity contribution in [1.82, 2.24) is 9.88 Å². The number of ether oxygens (including phenoxy) is 1. The van der Waals surface area contributed by atoms with Crippen molar-refractivity contribution in [2.45, 2.75) is 33.2 Å². The van der Waals surface area contributed by atoms with Crippen LogP contribution >= 0.6 is 0 Å². The maximum atomic E-state index is 5.22. The Labute approximate surface area is 115 Å². The molecule has 0 aliphatic carbocycles. The van der Waals surface area contributed by atoms with Gasteiger partial charge in [-0.15, -0.1) is 0 Å². The van der Waals surface area contributed by atoms with E-state index in [4.69, 9.17) is 4.74 Å². The molecule has 1 N–H and O–H groups in total. The van der Waals surface area contributed by atoms with Gasteiger partial charge < -0.3 is 14.6 Å². The minimum absolute atomic E-state index is 0.671. The lowest BCUT2D eigenvalue weighted by Crippen LogP contribution is -2.13. The highest BCUT2D eigenvalue weighted by molar-refractivity contribution is 5.26. The van der Waals surface area contributed by atoms with Crippen LogP contribution in [0.25, 0.3) is 0 Å². The largest absolute Gasteiger partial charge is 0.380 e. The predicted octanol–water partition coefficient (Wildman–Crippen LogP) is 2.94. The summed E-state index contributed by atoms with van der Waals surface area (Å²) in [7, 11) is 1.73. The van der Waals surface area contributed by atoms with E-state index < -0.39 is 0 Å². The number of nitrogens with zero attached hydrogens (tertiary/aromatic N) is 1. The van der Waals surface area contributed by atoms with E-state index in [-0.39, 0.29) is 0 Å². The Balaban J connectivity index is 1.88. The third-order valence-electron chi connectivity index (χ3n) is 3.24. The summed E-state index contributed by atoms with van der Waals surface area (Å²) in [5, 5.41) is 3.49. The molecule has 102 valence electrons. The van der Waals surface area contributed by atoms with Gasteiger partial charge in [-0.3, -0.25) is 0 Å². The lowest BCUT2D eigenvalue weighted by Gasteiger charge is -2.09. The minimum Gasteiger partial charge on any atom is -0.380 e. The third-order valence-corrected chi connectivity index (χ3v) is 3.24. The van der Waals surface area contributed by atoms with E-state index in [2.05, 4.69) is 59.5 Å². The third kappa shape index (κ3) is 3.94. The first-order valence-electron chi connectivity index (χ1n) is 6.74. The van der Waals surface area contributed by atoms with Gasteiger partial charge in [0.15, 0.2) is 0 Å². The number of aromatic nitrogens is 1. The molecule has 2 rings (SSSR count). The van der Waals surface area contributed by atoms with Crippen molar-refractivity contribution in [2.75, 3.05) is 7.11 Å². The highest BCUT2D eigenvalue weighted by Crippen LogP contribution is 2.10. The van der Waals surface area contributed by atoms with Crippen molar-refractivity contribution in [3.63, 3.8) is 0 Å². The number of benzene rings is 1. The molecule has 0 radical (unpaired) electrons. The van der Waals surface area contributed by atoms with Crippen LogP contribution in [0.4, 0.5) is 0 Å². The SMILES string of the molecule is CCn1ccc(CNCc2ccccc2COC)c1. The van der Waals surface area contributed by atoms with Crippen LogP contribution in [-0.2, 0) is 31.0 Å². The maximum absolute atomic E-state index is 5.22. The van der Waals surface area contributed by atoms with Crippen LogP contribution in [0.15, 0.2) is 42.7 Å². The average molecular weight is 258 g/mol. The van der Waals surface area contributed by atoms with Crippen molar-refractivity contribution in [2.24, 2.45) is 0 Å². The Hall–Kier alpha value is -1.58. The van der Waals surface area contributed by atoms with E-state index in [0.717, 1.165) is 19.6 Å². The summed E-state index contributed by atoms with van der Waals surface area (Å²) >= 11 is 0. The van der Waals surface area contributed by atoms with Gasteiger partial charge in [-0.05, 0) is 29.7 Å². The van der Waals surface area contributed by atoms with Crippen molar-refractivity contribution < 1.29 is 4.74 Å². The Kier molecular flexibility index (Phi) is 5.19. The summed E-state index contributed by atoms with van der Waals surface area (Å²) in [4.78, 5) is 0. The molecule has 1 heterocycles. The van der Waals surface area contributed by atoms with Crippen molar-refractivity contribution in [3.8, 4) is 0 Å². The van der Waals surface area contributed by atoms with Gasteiger partial charge in [0.1, 0.15) is 0 Å². The molecule has 1 aromatic heterocycles. The Morgan fingerprint density at radius 3 is 2.58 bits per heavy atom. The van der Waals surface area contributed by atoms with E-state index in [0.29, 0.717) is 6.61 Å². The fraction of sp³-hybridized carbons (Fsp3) is 0.375. The summed E-state index contributed by atoms with van der Waals surface area (Å²) in [6.45, 7) is 5.62. The molecule has 3 heteroatoms. The quantitative estimate of drug-likeness (QED) is 0.826. The first kappa shape index (κ1) is 13.8. The molecule has 0 spiro atoms. The van der Waals surface area contributed by atoms with Gasteiger partial charge in [-0.25, -0.2) is 0 Å². The van der Waals surface area contributed by atoms with Gasteiger partial charge >= 0.3 is 0 Å². The molecule has 0 saturated heterocycles. The van der Waals surface area contributed by atoms with Crippen LogP contribution in [-0.4, -0.2) is 11.7 Å². The zero-order valence-corrected chi connectivity index (χ0v) is 11.7. The summed E-state index contributed by atoms with van der Waals surface area (Å²) in [5.41, 5.74) is 3.88. The smallest absolute Gasteiger partial charge is 0.0716 e. The number of rotatable bonds is 7. The standard InChI is InChI=1S/C16H22N2O/c1-3-18-9-8-14(12-18)10-17-11-15-6-4-5-7-16(15)13-19-2/h4-9,12,17H,3,10-11,13H2,1-2H3. The number of nitrogens with one attached hydrogen (secondary N) is 1. The second-order valence-corrected chi connectivity index (χ2v) is 4.66. The lowest BCUT2D eigenvalue weighted by atomic mass is 10.1. The number of aryl methyl sites for hydroxylation is 1. The average Bonchev–Trinajstić information content (AvgIpc) is 2.89. The van der Waals surface area contributed by atoms with E-state index in [1.54, 1.807) is 7.11 Å². The van der Waals surface area contributed by atoms with Gasteiger partial charge in [0.2, 0.25) is 0 Å². The molecule has 0 aliphatic rings. The minimum atomic E-state index is 0.671. The van der Waals surface area contributed by atoms with Gasteiger partial charge in [-0.1, -0.05) is 24.3 Å². The van der Waals surface area contributed by atoms with Gasteiger partial charge in [0, 0.05) is 39.1 Å². The van der Waals surface area contributed by atoms with E-state index in [1.807, 2.05) is 0 Å². The van der Waals surface area contributed by atoms with E-state index in [9.17, 15) is 0 Å². The molecule has 1 aromatic carbocycles. The van der Waals surface area contributed by atoms with Gasteiger partial charge in [0.05, 0.1) is 6.61 Å². The number of hydrogen-bond acceptors (Lipinski definition) is 2. The molecule has 0 saturated carbocycles. The summed E-state index contributed by atoms with van der Waals surface area (Å²) in [6.07, 6.45) is 4.31. The summed E-state index contributed by atoms with van der Waals surface area (Å²) in [6, 6.07) is 10.6. The van der Waals surface area contributed by atoms with Crippen LogP contribution in [0, 0.1) is 0 Å². The second-order valence-electron chi connectivity index (χ2n) is 4.66. The molecule has 0 fully saturated rings. The van der Waals surface area contributed by atoms with Crippen LogP contribution in [0.1, 0.15) is 23.6 Å². The molecule has 19 heavy (non-hydrogen) atoms. The highest BCUT2D eigenvalue weighted by Gasteiger charge is 2.01. The molecule has 0 aliphatic heterocycles. The number of methoxy groups -OCH3 is 1. The highest BCUT2D eigenvalue weighted by atomic mass is 16.5. The van der Waals surface area contributed by atoms with Gasteiger partial charge in [-0.2, -0.15) is 0 Å². The summed E-state index contributed by atoms with van der Waals surface area (Å²) < 4.78 is 7.41. The van der Waals surface area contributed by atoms with Crippen LogP contribution in [0.5, 0.6) is 0 Å². The lowest BCUT2D eigenvalue weighted by molar-refractivity contribution is 0.184. The molecule has 0 bridgehead atoms. The predicted molar refractivity (Wildman–Crippen MR) is 77.8 cm³/mol. The zero-order valence-electron chi connectivity index (χ0n) is 11.7. The molecule has 0 unspecified atom stereocenters. The summed E-state index contributed by atoms with van der Waals surface area (Å²) in [5.74, 6) is 0. The Morgan fingerprint density at radius 1 is 1.11 bits per heavy atom. The maximum Gasteiger partial charge on any atom is 0.0716 e. The van der Waals surface area contributed by atoms with Crippen molar-refractivity contribution >= 4 is 0 Å². The fourth-order valence-corrected chi connectivity index (χ4v) is 2.16. The van der Waals surface area contributed by atoms with Crippen molar-refractivity contribution in [3.05, 3.63) is 59.4 Å². The molecular weight excluding hydrogens is 236 g/mol. The molecular formula is C16H22N2O. The molecule has 0 atom stereocenters. The second kappa shape index (κ2) is 7.12. The van der Waals surface area contributed by atoms with Crippen LogP contribution in [0.2, 0.25) is 0 Å². The van der Waals surface area contributed by atoms with E-state index >= 15 is 0 Å². The fourth-order valence-electron chi connectivity index (χ4n) is 2.16.